The lowest BCUT2D eigenvalue weighted by atomic mass is 10.0. The lowest BCUT2D eigenvalue weighted by Crippen LogP contribution is -1.98. The second kappa shape index (κ2) is 8.69. The summed E-state index contributed by atoms with van der Waals surface area (Å²) in [6.45, 7) is 4.20. The number of hydrogen-bond donors (Lipinski definition) is 0. The number of para-hydroxylation sites is 2. The summed E-state index contributed by atoms with van der Waals surface area (Å²) in [6.07, 6.45) is 0. The van der Waals surface area contributed by atoms with Crippen molar-refractivity contribution in [3.8, 4) is 22.6 Å². The van der Waals surface area contributed by atoms with E-state index in [4.69, 9.17) is 4.98 Å². The lowest BCUT2D eigenvalue weighted by molar-refractivity contribution is 1.05. The summed E-state index contributed by atoms with van der Waals surface area (Å²) in [6, 6.07) is 46.0. The molecule has 8 aromatic rings. The normalized spacial score (nSPS) is 11.8. The van der Waals surface area contributed by atoms with Crippen LogP contribution in [0.2, 0.25) is 0 Å². The fraction of sp³-hybridized carbons (Fsp3) is 0.0541. The molecule has 40 heavy (non-hydrogen) atoms. The third-order valence-electron chi connectivity index (χ3n) is 8.02. The van der Waals surface area contributed by atoms with E-state index in [1.54, 1.807) is 0 Å². The third-order valence-corrected chi connectivity index (χ3v) is 8.02. The summed E-state index contributed by atoms with van der Waals surface area (Å²) in [5, 5.41) is 4.94. The van der Waals surface area contributed by atoms with Gasteiger partial charge in [-0.05, 0) is 73.5 Å². The van der Waals surface area contributed by atoms with E-state index < -0.39 is 0 Å². The lowest BCUT2D eigenvalue weighted by Gasteiger charge is -2.11. The number of pyridine rings is 1. The van der Waals surface area contributed by atoms with Crippen LogP contribution in [0.1, 0.15) is 11.3 Å². The van der Waals surface area contributed by atoms with Crippen molar-refractivity contribution >= 4 is 43.6 Å². The molecule has 0 aliphatic carbocycles. The molecule has 190 valence electrons. The minimum absolute atomic E-state index is 0.945. The standard InChI is InChI=1S/C37H27N3/c1-24-10-7-12-26(20-24)27-13-9-14-28(21-27)39-33-17-5-3-15-29(33)31-23-36-32(22-35(31)39)30-16-4-6-18-34(30)40(36)37-19-8-11-25(2)38-37/h3-23H,1-2H3. The van der Waals surface area contributed by atoms with E-state index in [1.807, 2.05) is 13.0 Å². The van der Waals surface area contributed by atoms with E-state index in [-0.39, 0.29) is 0 Å². The van der Waals surface area contributed by atoms with Gasteiger partial charge in [0.25, 0.3) is 0 Å². The minimum Gasteiger partial charge on any atom is -0.309 e. The Kier molecular flexibility index (Phi) is 4.95. The van der Waals surface area contributed by atoms with Crippen LogP contribution in [0.5, 0.6) is 0 Å². The Labute approximate surface area is 232 Å². The average molecular weight is 514 g/mol. The molecule has 0 radical (unpaired) electrons. The van der Waals surface area contributed by atoms with Crippen LogP contribution in [0.3, 0.4) is 0 Å². The molecule has 0 aliphatic heterocycles. The zero-order valence-corrected chi connectivity index (χ0v) is 22.5. The van der Waals surface area contributed by atoms with Crippen LogP contribution < -0.4 is 0 Å². The van der Waals surface area contributed by atoms with E-state index in [0.29, 0.717) is 0 Å². The number of rotatable bonds is 3. The van der Waals surface area contributed by atoms with Crippen LogP contribution >= 0.6 is 0 Å². The molecule has 0 saturated carbocycles. The highest BCUT2D eigenvalue weighted by Crippen LogP contribution is 2.39. The van der Waals surface area contributed by atoms with Crippen molar-refractivity contribution in [2.24, 2.45) is 0 Å². The minimum atomic E-state index is 0.945. The van der Waals surface area contributed by atoms with Gasteiger partial charge in [0.1, 0.15) is 5.82 Å². The Balaban J connectivity index is 1.47. The first-order valence-electron chi connectivity index (χ1n) is 13.7. The summed E-state index contributed by atoms with van der Waals surface area (Å²) in [4.78, 5) is 4.91. The predicted molar refractivity (Wildman–Crippen MR) is 168 cm³/mol. The van der Waals surface area contributed by atoms with Crippen LogP contribution in [-0.2, 0) is 0 Å². The van der Waals surface area contributed by atoms with Crippen LogP contribution in [0.4, 0.5) is 0 Å². The topological polar surface area (TPSA) is 22.8 Å². The van der Waals surface area contributed by atoms with E-state index >= 15 is 0 Å². The molecule has 0 amide bonds. The molecule has 0 saturated heterocycles. The molecule has 3 aromatic heterocycles. The number of fused-ring (bicyclic) bond motifs is 6. The second-order valence-electron chi connectivity index (χ2n) is 10.6. The number of hydrogen-bond acceptors (Lipinski definition) is 1. The van der Waals surface area contributed by atoms with Gasteiger partial charge in [0.2, 0.25) is 0 Å². The van der Waals surface area contributed by atoms with Crippen LogP contribution in [-0.4, -0.2) is 14.1 Å². The Morgan fingerprint density at radius 3 is 1.75 bits per heavy atom. The molecular weight excluding hydrogens is 486 g/mol. The van der Waals surface area contributed by atoms with Gasteiger partial charge in [0, 0.05) is 32.9 Å². The van der Waals surface area contributed by atoms with Crippen molar-refractivity contribution in [3.63, 3.8) is 0 Å². The van der Waals surface area contributed by atoms with Gasteiger partial charge in [-0.3, -0.25) is 4.57 Å². The number of nitrogens with zero attached hydrogens (tertiary/aromatic N) is 3. The first-order chi connectivity index (χ1) is 19.7. The van der Waals surface area contributed by atoms with E-state index in [2.05, 4.69) is 137 Å². The number of benzene rings is 5. The molecule has 0 bridgehead atoms. The highest BCUT2D eigenvalue weighted by molar-refractivity contribution is 6.18. The molecule has 0 aliphatic rings. The smallest absolute Gasteiger partial charge is 0.137 e. The number of aryl methyl sites for hydroxylation is 2. The Morgan fingerprint density at radius 2 is 1.05 bits per heavy atom. The van der Waals surface area contributed by atoms with Gasteiger partial charge in [-0.2, -0.15) is 0 Å². The van der Waals surface area contributed by atoms with Crippen molar-refractivity contribution in [2.45, 2.75) is 13.8 Å². The predicted octanol–water partition coefficient (Wildman–Crippen LogP) is 9.56. The molecule has 0 unspecified atom stereocenters. The van der Waals surface area contributed by atoms with Gasteiger partial charge in [-0.25, -0.2) is 4.98 Å². The maximum Gasteiger partial charge on any atom is 0.137 e. The van der Waals surface area contributed by atoms with Crippen LogP contribution in [0.15, 0.2) is 127 Å². The Morgan fingerprint density at radius 1 is 0.450 bits per heavy atom. The molecular formula is C37H27N3. The Hall–Kier alpha value is -5.15. The van der Waals surface area contributed by atoms with Crippen molar-refractivity contribution in [2.75, 3.05) is 0 Å². The fourth-order valence-corrected chi connectivity index (χ4v) is 6.26. The average Bonchev–Trinajstić information content (AvgIpc) is 3.48. The number of aromatic nitrogens is 3. The molecule has 0 fully saturated rings. The summed E-state index contributed by atoms with van der Waals surface area (Å²) < 4.78 is 4.72. The van der Waals surface area contributed by atoms with Crippen molar-refractivity contribution in [1.29, 1.82) is 0 Å². The maximum atomic E-state index is 4.91. The zero-order chi connectivity index (χ0) is 26.8. The maximum absolute atomic E-state index is 4.91. The quantitative estimate of drug-likeness (QED) is 0.231. The first kappa shape index (κ1) is 22.8. The zero-order valence-electron chi connectivity index (χ0n) is 22.5. The molecule has 8 rings (SSSR count). The molecule has 3 heteroatoms. The largest absolute Gasteiger partial charge is 0.309 e. The van der Waals surface area contributed by atoms with Gasteiger partial charge in [-0.1, -0.05) is 84.4 Å². The van der Waals surface area contributed by atoms with Gasteiger partial charge >= 0.3 is 0 Å². The van der Waals surface area contributed by atoms with Crippen molar-refractivity contribution < 1.29 is 0 Å². The third kappa shape index (κ3) is 3.41. The molecule has 0 atom stereocenters. The van der Waals surface area contributed by atoms with Gasteiger partial charge in [-0.15, -0.1) is 0 Å². The van der Waals surface area contributed by atoms with E-state index in [0.717, 1.165) is 17.2 Å². The highest BCUT2D eigenvalue weighted by atomic mass is 15.1. The summed E-state index contributed by atoms with van der Waals surface area (Å²) in [7, 11) is 0. The molecule has 0 N–H and O–H groups in total. The molecule has 3 nitrogen and oxygen atoms in total. The monoisotopic (exact) mass is 513 g/mol. The first-order valence-corrected chi connectivity index (χ1v) is 13.7. The van der Waals surface area contributed by atoms with Gasteiger partial charge in [0.05, 0.1) is 22.1 Å². The van der Waals surface area contributed by atoms with Crippen molar-refractivity contribution in [3.05, 3.63) is 139 Å². The summed E-state index contributed by atoms with van der Waals surface area (Å²) >= 11 is 0. The molecule has 5 aromatic carbocycles. The van der Waals surface area contributed by atoms with E-state index in [9.17, 15) is 0 Å². The Bertz CT molecular complexity index is 2250. The van der Waals surface area contributed by atoms with E-state index in [1.165, 1.54) is 60.3 Å². The summed E-state index contributed by atoms with van der Waals surface area (Å²) in [5.74, 6) is 0.945. The van der Waals surface area contributed by atoms with Gasteiger partial charge < -0.3 is 4.57 Å². The SMILES string of the molecule is Cc1cccc(-c2cccc(-n3c4ccccc4c4cc5c(cc43)c3ccccc3n5-c3cccc(C)n3)c2)c1. The second-order valence-corrected chi connectivity index (χ2v) is 10.6. The van der Waals surface area contributed by atoms with Crippen molar-refractivity contribution in [1.82, 2.24) is 14.1 Å². The highest BCUT2D eigenvalue weighted by Gasteiger charge is 2.18. The van der Waals surface area contributed by atoms with Crippen LogP contribution in [0.25, 0.3) is 66.2 Å². The molecule has 3 heterocycles. The van der Waals surface area contributed by atoms with Gasteiger partial charge in [0.15, 0.2) is 0 Å². The summed E-state index contributed by atoms with van der Waals surface area (Å²) in [5.41, 5.74) is 10.6. The fourth-order valence-electron chi connectivity index (χ4n) is 6.26. The molecule has 0 spiro atoms. The van der Waals surface area contributed by atoms with Crippen LogP contribution in [0, 0.1) is 13.8 Å².